The van der Waals surface area contributed by atoms with Crippen LogP contribution in [0.4, 0.5) is 0 Å². The maximum atomic E-state index is 12.9. The predicted octanol–water partition coefficient (Wildman–Crippen LogP) is 2.45. The highest BCUT2D eigenvalue weighted by atomic mass is 32.2. The molecule has 1 aliphatic carbocycles. The van der Waals surface area contributed by atoms with Crippen LogP contribution in [-0.2, 0) is 10.0 Å². The van der Waals surface area contributed by atoms with Crippen LogP contribution in [0.15, 0.2) is 23.1 Å². The summed E-state index contributed by atoms with van der Waals surface area (Å²) in [5, 5.41) is 0. The molecule has 0 bridgehead atoms. The van der Waals surface area contributed by atoms with E-state index < -0.39 is 10.0 Å². The van der Waals surface area contributed by atoms with Gasteiger partial charge in [0.05, 0.1) is 4.90 Å². The third-order valence-corrected chi connectivity index (χ3v) is 6.23. The van der Waals surface area contributed by atoms with Crippen LogP contribution in [0, 0.1) is 6.92 Å². The Hall–Kier alpha value is -1.40. The summed E-state index contributed by atoms with van der Waals surface area (Å²) in [4.78, 5) is 14.9. The lowest BCUT2D eigenvalue weighted by Crippen LogP contribution is -2.42. The molecule has 1 aliphatic heterocycles. The summed E-state index contributed by atoms with van der Waals surface area (Å²) in [6.45, 7) is 4.66. The van der Waals surface area contributed by atoms with Crippen molar-refractivity contribution in [3.8, 4) is 0 Å². The van der Waals surface area contributed by atoms with Crippen LogP contribution in [-0.4, -0.2) is 37.9 Å². The summed E-state index contributed by atoms with van der Waals surface area (Å²) >= 11 is 0. The van der Waals surface area contributed by atoms with Gasteiger partial charge in [0.15, 0.2) is 0 Å². The normalized spacial score (nSPS) is 22.2. The number of hydrogen-bond donors (Lipinski definition) is 1. The maximum Gasteiger partial charge on any atom is 0.254 e. The van der Waals surface area contributed by atoms with E-state index in [1.807, 2.05) is 11.8 Å². The van der Waals surface area contributed by atoms with Gasteiger partial charge in [-0.25, -0.2) is 13.1 Å². The Balaban J connectivity index is 1.89. The summed E-state index contributed by atoms with van der Waals surface area (Å²) in [6.07, 6.45) is 4.94. The molecule has 1 atom stereocenters. The van der Waals surface area contributed by atoms with Gasteiger partial charge < -0.3 is 4.90 Å². The summed E-state index contributed by atoms with van der Waals surface area (Å²) in [6, 6.07) is 5.10. The van der Waals surface area contributed by atoms with Crippen LogP contribution in [0.25, 0.3) is 0 Å². The molecule has 1 aromatic carbocycles. The van der Waals surface area contributed by atoms with Crippen LogP contribution in [0.3, 0.4) is 0 Å². The van der Waals surface area contributed by atoms with Gasteiger partial charge in [-0.2, -0.15) is 0 Å². The first kappa shape index (κ1) is 16.5. The average molecular weight is 336 g/mol. The monoisotopic (exact) mass is 336 g/mol. The Morgan fingerprint density at radius 1 is 1.22 bits per heavy atom. The van der Waals surface area contributed by atoms with Gasteiger partial charge >= 0.3 is 0 Å². The van der Waals surface area contributed by atoms with Crippen molar-refractivity contribution in [3.05, 3.63) is 29.3 Å². The molecule has 0 unspecified atom stereocenters. The van der Waals surface area contributed by atoms with Crippen LogP contribution in [0.2, 0.25) is 0 Å². The molecule has 6 heteroatoms. The van der Waals surface area contributed by atoms with Gasteiger partial charge in [0.1, 0.15) is 0 Å². The van der Waals surface area contributed by atoms with Crippen LogP contribution in [0.5, 0.6) is 0 Å². The lowest BCUT2D eigenvalue weighted by molar-refractivity contribution is 0.0634. The minimum atomic E-state index is -3.53. The quantitative estimate of drug-likeness (QED) is 0.918. The molecule has 23 heavy (non-hydrogen) atoms. The molecule has 5 nitrogen and oxygen atoms in total. The highest BCUT2D eigenvalue weighted by molar-refractivity contribution is 7.89. The Bertz CT molecular complexity index is 711. The second-order valence-electron chi connectivity index (χ2n) is 6.72. The van der Waals surface area contributed by atoms with Gasteiger partial charge in [0, 0.05) is 24.2 Å². The number of amides is 1. The molecule has 0 radical (unpaired) electrons. The van der Waals surface area contributed by atoms with Gasteiger partial charge in [0.25, 0.3) is 5.91 Å². The van der Waals surface area contributed by atoms with E-state index in [4.69, 9.17) is 0 Å². The van der Waals surface area contributed by atoms with Crippen molar-refractivity contribution in [2.75, 3.05) is 6.54 Å². The van der Waals surface area contributed by atoms with E-state index in [0.717, 1.165) is 44.2 Å². The summed E-state index contributed by atoms with van der Waals surface area (Å²) in [5.74, 6) is -0.0572. The van der Waals surface area contributed by atoms with Gasteiger partial charge in [-0.1, -0.05) is 6.07 Å². The van der Waals surface area contributed by atoms with Crippen LogP contribution >= 0.6 is 0 Å². The molecule has 1 N–H and O–H groups in total. The minimum absolute atomic E-state index is 0.0572. The van der Waals surface area contributed by atoms with E-state index in [1.165, 1.54) is 6.07 Å². The van der Waals surface area contributed by atoms with Crippen molar-refractivity contribution < 1.29 is 13.2 Å². The lowest BCUT2D eigenvalue weighted by atomic mass is 10.0. The molecule has 2 fully saturated rings. The lowest BCUT2D eigenvalue weighted by Gasteiger charge is -2.34. The Morgan fingerprint density at radius 3 is 2.61 bits per heavy atom. The number of nitrogens with zero attached hydrogens (tertiary/aromatic N) is 1. The fraction of sp³-hybridized carbons (Fsp3) is 0.588. The van der Waals surface area contributed by atoms with E-state index in [0.29, 0.717) is 5.56 Å². The molecule has 1 aromatic rings. The molecule has 1 saturated heterocycles. The highest BCUT2D eigenvalue weighted by Gasteiger charge is 2.30. The standard InChI is InChI=1S/C17H24N2O3S/c1-12-6-9-15(23(21,22)18-14-7-8-14)11-16(12)17(20)19-10-4-3-5-13(19)2/h6,9,11,13-14,18H,3-5,7-8,10H2,1-2H3/t13-/m0/s1. The third-order valence-electron chi connectivity index (χ3n) is 4.71. The largest absolute Gasteiger partial charge is 0.336 e. The van der Waals surface area contributed by atoms with Crippen molar-refractivity contribution in [2.24, 2.45) is 0 Å². The molecule has 1 heterocycles. The first-order valence-corrected chi connectivity index (χ1v) is 9.81. The van der Waals surface area contributed by atoms with E-state index in [2.05, 4.69) is 11.6 Å². The average Bonchev–Trinajstić information content (AvgIpc) is 3.30. The Kier molecular flexibility index (Phi) is 4.47. The van der Waals surface area contributed by atoms with Gasteiger partial charge in [-0.05, 0) is 63.6 Å². The number of nitrogens with one attached hydrogen (secondary N) is 1. The van der Waals surface area contributed by atoms with Gasteiger partial charge in [0.2, 0.25) is 10.0 Å². The molecule has 1 amide bonds. The van der Waals surface area contributed by atoms with E-state index in [9.17, 15) is 13.2 Å². The number of sulfonamides is 1. The smallest absolute Gasteiger partial charge is 0.254 e. The zero-order chi connectivity index (χ0) is 16.6. The second kappa shape index (κ2) is 6.24. The van der Waals surface area contributed by atoms with E-state index in [1.54, 1.807) is 12.1 Å². The molecule has 2 aliphatic rings. The molecular weight excluding hydrogens is 312 g/mol. The fourth-order valence-electron chi connectivity index (χ4n) is 3.04. The van der Waals surface area contributed by atoms with Crippen molar-refractivity contribution in [2.45, 2.75) is 62.9 Å². The summed E-state index contributed by atoms with van der Waals surface area (Å²) < 4.78 is 27.4. The number of hydrogen-bond acceptors (Lipinski definition) is 3. The molecule has 0 spiro atoms. The van der Waals surface area contributed by atoms with E-state index in [-0.39, 0.29) is 22.9 Å². The molecule has 126 valence electrons. The van der Waals surface area contributed by atoms with Crippen molar-refractivity contribution in [3.63, 3.8) is 0 Å². The van der Waals surface area contributed by atoms with Gasteiger partial charge in [-0.3, -0.25) is 4.79 Å². The first-order chi connectivity index (χ1) is 10.9. The Morgan fingerprint density at radius 2 is 1.96 bits per heavy atom. The van der Waals surface area contributed by atoms with Crippen LogP contribution in [0.1, 0.15) is 54.9 Å². The predicted molar refractivity (Wildman–Crippen MR) is 88.9 cm³/mol. The molecule has 0 aromatic heterocycles. The molecular formula is C17H24N2O3S. The number of aryl methyl sites for hydroxylation is 1. The number of rotatable bonds is 4. The number of carbonyl (C=O) groups is 1. The maximum absolute atomic E-state index is 12.9. The second-order valence-corrected chi connectivity index (χ2v) is 8.43. The van der Waals surface area contributed by atoms with Crippen LogP contribution < -0.4 is 4.72 Å². The highest BCUT2D eigenvalue weighted by Crippen LogP contribution is 2.25. The number of likely N-dealkylation sites (tertiary alicyclic amines) is 1. The number of carbonyl (C=O) groups excluding carboxylic acids is 1. The SMILES string of the molecule is Cc1ccc(S(=O)(=O)NC2CC2)cc1C(=O)N1CCCC[C@@H]1C. The summed E-state index contributed by atoms with van der Waals surface area (Å²) in [7, 11) is -3.53. The fourth-order valence-corrected chi connectivity index (χ4v) is 4.37. The Labute approximate surface area is 138 Å². The van der Waals surface area contributed by atoms with Gasteiger partial charge in [-0.15, -0.1) is 0 Å². The first-order valence-electron chi connectivity index (χ1n) is 8.32. The molecule has 1 saturated carbocycles. The van der Waals surface area contributed by atoms with Crippen molar-refractivity contribution in [1.82, 2.24) is 9.62 Å². The summed E-state index contributed by atoms with van der Waals surface area (Å²) in [5.41, 5.74) is 1.32. The van der Waals surface area contributed by atoms with Crippen molar-refractivity contribution in [1.29, 1.82) is 0 Å². The third kappa shape index (κ3) is 3.58. The zero-order valence-corrected chi connectivity index (χ0v) is 14.5. The van der Waals surface area contributed by atoms with Crippen molar-refractivity contribution >= 4 is 15.9 Å². The zero-order valence-electron chi connectivity index (χ0n) is 13.7. The number of piperidine rings is 1. The minimum Gasteiger partial charge on any atom is -0.336 e. The topological polar surface area (TPSA) is 66.5 Å². The molecule has 3 rings (SSSR count). The van der Waals surface area contributed by atoms with E-state index >= 15 is 0 Å². The number of benzene rings is 1.